The van der Waals surface area contributed by atoms with Crippen LogP contribution in [0.3, 0.4) is 0 Å². The van der Waals surface area contributed by atoms with E-state index in [2.05, 4.69) is 23.2 Å². The summed E-state index contributed by atoms with van der Waals surface area (Å²) in [6.07, 6.45) is 3.75. The average Bonchev–Trinajstić information content (AvgIpc) is 3.27. The van der Waals surface area contributed by atoms with Gasteiger partial charge in [0.25, 0.3) is 5.91 Å². The van der Waals surface area contributed by atoms with Crippen molar-refractivity contribution >= 4 is 17.3 Å². The van der Waals surface area contributed by atoms with Crippen LogP contribution in [0, 0.1) is 6.92 Å². The Morgan fingerprint density at radius 1 is 1.36 bits per heavy atom. The molecule has 0 bridgehead atoms. The van der Waals surface area contributed by atoms with Gasteiger partial charge in [0.2, 0.25) is 6.10 Å². The molecular weight excluding hydrogens is 316 g/mol. The Kier molecular flexibility index (Phi) is 4.03. The van der Waals surface area contributed by atoms with Crippen LogP contribution in [0.2, 0.25) is 0 Å². The van der Waals surface area contributed by atoms with Crippen LogP contribution in [0.4, 0.5) is 5.69 Å². The Labute approximate surface area is 147 Å². The summed E-state index contributed by atoms with van der Waals surface area (Å²) < 4.78 is 1.92. The van der Waals surface area contributed by atoms with Crippen molar-refractivity contribution in [1.29, 1.82) is 0 Å². The minimum absolute atomic E-state index is 0.00793. The number of carbonyl (C=O) groups excluding carboxylic acids is 1. The number of carbonyl (C=O) groups is 1. The smallest absolute Gasteiger partial charge is 0.271 e. The van der Waals surface area contributed by atoms with Crippen molar-refractivity contribution in [3.05, 3.63) is 47.3 Å². The van der Waals surface area contributed by atoms with Gasteiger partial charge in [-0.2, -0.15) is 5.10 Å². The van der Waals surface area contributed by atoms with E-state index < -0.39 is 6.10 Å². The number of aromatic nitrogens is 2. The van der Waals surface area contributed by atoms with Crippen molar-refractivity contribution in [2.45, 2.75) is 45.8 Å². The summed E-state index contributed by atoms with van der Waals surface area (Å²) in [4.78, 5) is 20.4. The summed E-state index contributed by atoms with van der Waals surface area (Å²) in [6, 6.07) is 8.10. The highest BCUT2D eigenvalue weighted by Crippen LogP contribution is 2.29. The predicted molar refractivity (Wildman–Crippen MR) is 95.8 cm³/mol. The molecule has 1 aromatic heterocycles. The number of aryl methyl sites for hydroxylation is 2. The first-order valence-corrected chi connectivity index (χ1v) is 8.83. The highest BCUT2D eigenvalue weighted by Gasteiger charge is 2.35. The summed E-state index contributed by atoms with van der Waals surface area (Å²) in [5.41, 5.74) is 5.06. The predicted octanol–water partition coefficient (Wildman–Crippen LogP) is 2.68. The molecule has 3 heterocycles. The topological polar surface area (TPSA) is 59.7 Å². The number of para-hydroxylation sites is 1. The van der Waals surface area contributed by atoms with Gasteiger partial charge in [-0.15, -0.1) is 0 Å². The molecule has 2 aliphatic heterocycles. The molecule has 0 unspecified atom stereocenters. The number of hydrogen-bond acceptors (Lipinski definition) is 4. The second-order valence-electron chi connectivity index (χ2n) is 6.52. The molecule has 2 aliphatic rings. The lowest BCUT2D eigenvalue weighted by Crippen LogP contribution is -2.42. The molecule has 25 heavy (non-hydrogen) atoms. The zero-order valence-corrected chi connectivity index (χ0v) is 14.6. The Morgan fingerprint density at radius 3 is 3.00 bits per heavy atom. The van der Waals surface area contributed by atoms with Crippen LogP contribution in [0.25, 0.3) is 0 Å². The number of oxime groups is 1. The maximum atomic E-state index is 13.0. The average molecular weight is 338 g/mol. The standard InChI is InChI=1S/C19H22N4O2/c1-3-23-13(2)15(12-20-23)16-11-18(25-21-16)19(24)22-10-6-8-14-7-4-5-9-17(14)22/h4-5,7,9,12,18H,3,6,8,10-11H2,1-2H3/t18-/m1/s1. The monoisotopic (exact) mass is 338 g/mol. The van der Waals surface area contributed by atoms with Gasteiger partial charge in [-0.1, -0.05) is 23.4 Å². The van der Waals surface area contributed by atoms with E-state index in [4.69, 9.17) is 4.84 Å². The lowest BCUT2D eigenvalue weighted by Gasteiger charge is -2.30. The molecule has 130 valence electrons. The summed E-state index contributed by atoms with van der Waals surface area (Å²) in [6.45, 7) is 5.62. The zero-order chi connectivity index (χ0) is 17.4. The van der Waals surface area contributed by atoms with Crippen LogP contribution in [0.1, 0.15) is 36.6 Å². The van der Waals surface area contributed by atoms with E-state index in [9.17, 15) is 4.79 Å². The van der Waals surface area contributed by atoms with E-state index in [0.29, 0.717) is 6.42 Å². The van der Waals surface area contributed by atoms with Crippen molar-refractivity contribution in [1.82, 2.24) is 9.78 Å². The zero-order valence-electron chi connectivity index (χ0n) is 14.6. The van der Waals surface area contributed by atoms with Gasteiger partial charge in [0, 0.05) is 36.5 Å². The number of hydrogen-bond donors (Lipinski definition) is 0. The van der Waals surface area contributed by atoms with Crippen LogP contribution in [0.5, 0.6) is 0 Å². The first-order chi connectivity index (χ1) is 12.2. The minimum Gasteiger partial charge on any atom is -0.382 e. The molecule has 0 radical (unpaired) electrons. The van der Waals surface area contributed by atoms with Crippen molar-refractivity contribution in [3.63, 3.8) is 0 Å². The first-order valence-electron chi connectivity index (χ1n) is 8.83. The van der Waals surface area contributed by atoms with Gasteiger partial charge >= 0.3 is 0 Å². The SMILES string of the molecule is CCn1ncc(C2=NO[C@@H](C(=O)N3CCCc4ccccc43)C2)c1C. The molecule has 1 aromatic carbocycles. The maximum Gasteiger partial charge on any atom is 0.271 e. The fourth-order valence-corrected chi connectivity index (χ4v) is 3.65. The number of anilines is 1. The van der Waals surface area contributed by atoms with Gasteiger partial charge < -0.3 is 9.74 Å². The fourth-order valence-electron chi connectivity index (χ4n) is 3.65. The van der Waals surface area contributed by atoms with E-state index >= 15 is 0 Å². The van der Waals surface area contributed by atoms with E-state index in [1.165, 1.54) is 5.56 Å². The van der Waals surface area contributed by atoms with Crippen molar-refractivity contribution in [3.8, 4) is 0 Å². The Hall–Kier alpha value is -2.63. The molecule has 1 atom stereocenters. The van der Waals surface area contributed by atoms with Gasteiger partial charge in [-0.05, 0) is 38.3 Å². The van der Waals surface area contributed by atoms with Crippen LogP contribution in [-0.2, 0) is 22.6 Å². The third kappa shape index (κ3) is 2.71. The largest absolute Gasteiger partial charge is 0.382 e. The lowest BCUT2D eigenvalue weighted by atomic mass is 10.00. The molecule has 0 fully saturated rings. The summed E-state index contributed by atoms with van der Waals surface area (Å²) >= 11 is 0. The maximum absolute atomic E-state index is 13.0. The second kappa shape index (κ2) is 6.35. The highest BCUT2D eigenvalue weighted by atomic mass is 16.6. The van der Waals surface area contributed by atoms with E-state index in [-0.39, 0.29) is 5.91 Å². The van der Waals surface area contributed by atoms with Crippen molar-refractivity contribution < 1.29 is 9.63 Å². The van der Waals surface area contributed by atoms with E-state index in [1.807, 2.05) is 40.9 Å². The third-order valence-electron chi connectivity index (χ3n) is 5.03. The number of benzene rings is 1. The molecule has 2 aromatic rings. The number of amides is 1. The molecule has 6 nitrogen and oxygen atoms in total. The van der Waals surface area contributed by atoms with Gasteiger partial charge in [0.1, 0.15) is 0 Å². The first kappa shape index (κ1) is 15.9. The molecule has 0 spiro atoms. The van der Waals surface area contributed by atoms with E-state index in [1.54, 1.807) is 0 Å². The van der Waals surface area contributed by atoms with Gasteiger partial charge in [-0.3, -0.25) is 9.48 Å². The Bertz CT molecular complexity index is 840. The quantitative estimate of drug-likeness (QED) is 0.864. The van der Waals surface area contributed by atoms with E-state index in [0.717, 1.165) is 48.6 Å². The molecule has 4 rings (SSSR count). The van der Waals surface area contributed by atoms with Crippen LogP contribution >= 0.6 is 0 Å². The third-order valence-corrected chi connectivity index (χ3v) is 5.03. The van der Waals surface area contributed by atoms with Crippen molar-refractivity contribution in [2.24, 2.45) is 5.16 Å². The van der Waals surface area contributed by atoms with Gasteiger partial charge in [0.05, 0.1) is 11.9 Å². The lowest BCUT2D eigenvalue weighted by molar-refractivity contribution is -0.128. The molecular formula is C19H22N4O2. The van der Waals surface area contributed by atoms with Crippen LogP contribution in [0.15, 0.2) is 35.6 Å². The molecule has 0 saturated carbocycles. The van der Waals surface area contributed by atoms with Crippen molar-refractivity contribution in [2.75, 3.05) is 11.4 Å². The number of fused-ring (bicyclic) bond motifs is 1. The molecule has 6 heteroatoms. The van der Waals surface area contributed by atoms with Gasteiger partial charge in [0.15, 0.2) is 0 Å². The summed E-state index contributed by atoms with van der Waals surface area (Å²) in [5, 5.41) is 8.54. The summed E-state index contributed by atoms with van der Waals surface area (Å²) in [5.74, 6) is -0.00793. The minimum atomic E-state index is -0.550. The fraction of sp³-hybridized carbons (Fsp3) is 0.421. The number of rotatable bonds is 3. The molecule has 0 aliphatic carbocycles. The van der Waals surface area contributed by atoms with Crippen LogP contribution in [-0.4, -0.2) is 34.0 Å². The number of nitrogens with zero attached hydrogens (tertiary/aromatic N) is 4. The molecule has 0 N–H and O–H groups in total. The summed E-state index contributed by atoms with van der Waals surface area (Å²) in [7, 11) is 0. The Morgan fingerprint density at radius 2 is 2.20 bits per heavy atom. The normalized spacial score (nSPS) is 19.4. The van der Waals surface area contributed by atoms with Crippen LogP contribution < -0.4 is 4.90 Å². The molecule has 0 saturated heterocycles. The second-order valence-corrected chi connectivity index (χ2v) is 6.52. The highest BCUT2D eigenvalue weighted by molar-refractivity contribution is 6.07. The Balaban J connectivity index is 1.52. The molecule has 1 amide bonds. The van der Waals surface area contributed by atoms with Gasteiger partial charge in [-0.25, -0.2) is 0 Å².